The van der Waals surface area contributed by atoms with Crippen molar-refractivity contribution in [2.45, 2.75) is 13.3 Å². The van der Waals surface area contributed by atoms with Crippen LogP contribution in [0, 0.1) is 0 Å². The Morgan fingerprint density at radius 3 is 2.59 bits per heavy atom. The number of rotatable bonds is 3. The van der Waals surface area contributed by atoms with E-state index in [9.17, 15) is 0 Å². The third-order valence-electron chi connectivity index (χ3n) is 2.76. The number of nitrogens with two attached hydrogens (primary N) is 1. The van der Waals surface area contributed by atoms with Gasteiger partial charge in [-0.3, -0.25) is 0 Å². The molecule has 17 heavy (non-hydrogen) atoms. The Balaban J connectivity index is 2.56. The van der Waals surface area contributed by atoms with Crippen molar-refractivity contribution in [2.24, 2.45) is 0 Å². The Bertz CT molecular complexity index is 517. The molecule has 0 amide bonds. The highest BCUT2D eigenvalue weighted by Gasteiger charge is 2.11. The smallest absolute Gasteiger partial charge is 0.222 e. The summed E-state index contributed by atoms with van der Waals surface area (Å²) >= 11 is 0. The number of nitrogen functional groups attached to an aromatic ring is 1. The van der Waals surface area contributed by atoms with Gasteiger partial charge in [-0.25, -0.2) is 0 Å². The van der Waals surface area contributed by atoms with E-state index in [0.29, 0.717) is 5.88 Å². The minimum atomic E-state index is 0.339. The molecule has 0 saturated heterocycles. The van der Waals surface area contributed by atoms with E-state index >= 15 is 0 Å². The van der Waals surface area contributed by atoms with E-state index in [-0.39, 0.29) is 0 Å². The van der Waals surface area contributed by atoms with Crippen molar-refractivity contribution in [1.29, 1.82) is 0 Å². The molecule has 4 nitrogen and oxygen atoms in total. The number of aromatic nitrogens is 1. The molecule has 1 aromatic carbocycles. The van der Waals surface area contributed by atoms with E-state index in [2.05, 4.69) is 35.2 Å². The first-order valence-corrected chi connectivity index (χ1v) is 5.64. The molecule has 2 rings (SSSR count). The molecule has 0 fully saturated rings. The number of anilines is 2. The maximum atomic E-state index is 5.57. The molecule has 2 N–H and O–H groups in total. The van der Waals surface area contributed by atoms with Gasteiger partial charge in [0.1, 0.15) is 5.69 Å². The Morgan fingerprint density at radius 1 is 1.29 bits per heavy atom. The van der Waals surface area contributed by atoms with E-state index < -0.39 is 0 Å². The molecule has 0 bridgehead atoms. The van der Waals surface area contributed by atoms with Gasteiger partial charge < -0.3 is 15.2 Å². The minimum Gasteiger partial charge on any atom is -0.377 e. The second-order valence-electron chi connectivity index (χ2n) is 4.21. The third-order valence-corrected chi connectivity index (χ3v) is 2.76. The first-order valence-electron chi connectivity index (χ1n) is 5.64. The Kier molecular flexibility index (Phi) is 3.04. The zero-order chi connectivity index (χ0) is 12.4. The molecule has 1 heterocycles. The fourth-order valence-electron chi connectivity index (χ4n) is 1.81. The van der Waals surface area contributed by atoms with Crippen LogP contribution in [0.4, 0.5) is 11.6 Å². The van der Waals surface area contributed by atoms with Gasteiger partial charge in [0.05, 0.1) is 0 Å². The van der Waals surface area contributed by atoms with Gasteiger partial charge in [-0.05, 0) is 24.1 Å². The summed E-state index contributed by atoms with van der Waals surface area (Å²) in [6, 6.07) is 8.11. The van der Waals surface area contributed by atoms with Gasteiger partial charge in [-0.1, -0.05) is 18.1 Å². The van der Waals surface area contributed by atoms with Crippen molar-refractivity contribution in [2.75, 3.05) is 24.7 Å². The van der Waals surface area contributed by atoms with Gasteiger partial charge in [0.25, 0.3) is 0 Å². The molecule has 0 radical (unpaired) electrons. The molecule has 1 aromatic heterocycles. The van der Waals surface area contributed by atoms with Crippen LogP contribution in [0.3, 0.4) is 0 Å². The van der Waals surface area contributed by atoms with Crippen molar-refractivity contribution in [3.63, 3.8) is 0 Å². The SMILES string of the molecule is CCc1ccc(N(C)C)c(-c2cc(N)on2)c1. The summed E-state index contributed by atoms with van der Waals surface area (Å²) < 4.78 is 4.94. The van der Waals surface area contributed by atoms with Crippen molar-refractivity contribution >= 4 is 11.6 Å². The van der Waals surface area contributed by atoms with Crippen molar-refractivity contribution in [3.8, 4) is 11.3 Å². The first kappa shape index (κ1) is 11.5. The Labute approximate surface area is 101 Å². The van der Waals surface area contributed by atoms with E-state index in [1.54, 1.807) is 6.07 Å². The predicted molar refractivity (Wildman–Crippen MR) is 70.1 cm³/mol. The average molecular weight is 231 g/mol. The Hall–Kier alpha value is -1.97. The van der Waals surface area contributed by atoms with Crippen LogP contribution in [0.1, 0.15) is 12.5 Å². The van der Waals surface area contributed by atoms with E-state index in [1.165, 1.54) is 5.56 Å². The summed E-state index contributed by atoms with van der Waals surface area (Å²) in [6.07, 6.45) is 0.994. The molecule has 0 aliphatic carbocycles. The second kappa shape index (κ2) is 4.49. The van der Waals surface area contributed by atoms with Crippen LogP contribution in [0.25, 0.3) is 11.3 Å². The van der Waals surface area contributed by atoms with Crippen molar-refractivity contribution in [1.82, 2.24) is 5.16 Å². The van der Waals surface area contributed by atoms with Crippen LogP contribution in [-0.2, 0) is 6.42 Å². The van der Waals surface area contributed by atoms with Crippen LogP contribution in [0.15, 0.2) is 28.8 Å². The summed E-state index contributed by atoms with van der Waals surface area (Å²) in [4.78, 5) is 2.06. The van der Waals surface area contributed by atoms with Crippen LogP contribution in [0.5, 0.6) is 0 Å². The van der Waals surface area contributed by atoms with Crippen LogP contribution in [0.2, 0.25) is 0 Å². The molecule has 0 aliphatic rings. The van der Waals surface area contributed by atoms with Crippen LogP contribution in [-0.4, -0.2) is 19.3 Å². The number of nitrogens with zero attached hydrogens (tertiary/aromatic N) is 2. The molecule has 0 spiro atoms. The maximum absolute atomic E-state index is 5.57. The quantitative estimate of drug-likeness (QED) is 0.882. The highest BCUT2D eigenvalue weighted by atomic mass is 16.5. The van der Waals surface area contributed by atoms with Gasteiger partial charge in [-0.15, -0.1) is 0 Å². The largest absolute Gasteiger partial charge is 0.377 e. The second-order valence-corrected chi connectivity index (χ2v) is 4.21. The van der Waals surface area contributed by atoms with E-state index in [4.69, 9.17) is 10.3 Å². The van der Waals surface area contributed by atoms with Crippen LogP contribution >= 0.6 is 0 Å². The summed E-state index contributed by atoms with van der Waals surface area (Å²) in [6.45, 7) is 2.13. The molecule has 0 aliphatic heterocycles. The maximum Gasteiger partial charge on any atom is 0.222 e. The number of hydrogen-bond donors (Lipinski definition) is 1. The van der Waals surface area contributed by atoms with Crippen LogP contribution < -0.4 is 10.6 Å². The first-order chi connectivity index (χ1) is 8.11. The highest BCUT2D eigenvalue weighted by Crippen LogP contribution is 2.31. The summed E-state index contributed by atoms with van der Waals surface area (Å²) in [5, 5.41) is 3.98. The molecule has 0 saturated carbocycles. The summed E-state index contributed by atoms with van der Waals surface area (Å²) in [5.41, 5.74) is 9.78. The predicted octanol–water partition coefficient (Wildman–Crippen LogP) is 2.55. The zero-order valence-corrected chi connectivity index (χ0v) is 10.4. The van der Waals surface area contributed by atoms with E-state index in [1.807, 2.05) is 14.1 Å². The minimum absolute atomic E-state index is 0.339. The highest BCUT2D eigenvalue weighted by molar-refractivity contribution is 5.77. The standard InChI is InChI=1S/C13H17N3O/c1-4-9-5-6-12(16(2)3)10(7-9)11-8-13(14)17-15-11/h5-8H,4,14H2,1-3H3. The molecular weight excluding hydrogens is 214 g/mol. The number of benzene rings is 1. The van der Waals surface area contributed by atoms with Crippen molar-refractivity contribution < 1.29 is 4.52 Å². The molecule has 4 heteroatoms. The fraction of sp³-hybridized carbons (Fsp3) is 0.308. The molecular formula is C13H17N3O. The third kappa shape index (κ3) is 2.25. The fourth-order valence-corrected chi connectivity index (χ4v) is 1.81. The van der Waals surface area contributed by atoms with Crippen molar-refractivity contribution in [3.05, 3.63) is 29.8 Å². The lowest BCUT2D eigenvalue weighted by Crippen LogP contribution is -2.10. The summed E-state index contributed by atoms with van der Waals surface area (Å²) in [5.74, 6) is 0.339. The lowest BCUT2D eigenvalue weighted by Gasteiger charge is -2.17. The average Bonchev–Trinajstić information content (AvgIpc) is 2.75. The molecule has 0 atom stereocenters. The topological polar surface area (TPSA) is 55.3 Å². The zero-order valence-electron chi connectivity index (χ0n) is 10.4. The van der Waals surface area contributed by atoms with Gasteiger partial charge >= 0.3 is 0 Å². The normalized spacial score (nSPS) is 10.5. The lowest BCUT2D eigenvalue weighted by atomic mass is 10.0. The number of hydrogen-bond acceptors (Lipinski definition) is 4. The number of aryl methyl sites for hydroxylation is 1. The Morgan fingerprint density at radius 2 is 2.06 bits per heavy atom. The lowest BCUT2D eigenvalue weighted by molar-refractivity contribution is 0.439. The molecule has 0 unspecified atom stereocenters. The molecule has 2 aromatic rings. The molecule has 90 valence electrons. The summed E-state index contributed by atoms with van der Waals surface area (Å²) in [7, 11) is 4.02. The van der Waals surface area contributed by atoms with Gasteiger partial charge in [0.15, 0.2) is 0 Å². The van der Waals surface area contributed by atoms with Gasteiger partial charge in [0.2, 0.25) is 5.88 Å². The van der Waals surface area contributed by atoms with E-state index in [0.717, 1.165) is 23.4 Å². The van der Waals surface area contributed by atoms with Gasteiger partial charge in [0, 0.05) is 31.4 Å². The van der Waals surface area contributed by atoms with Gasteiger partial charge in [-0.2, -0.15) is 0 Å². The monoisotopic (exact) mass is 231 g/mol.